The van der Waals surface area contributed by atoms with Crippen LogP contribution in [0, 0.1) is 0 Å². The van der Waals surface area contributed by atoms with E-state index in [1.54, 1.807) is 0 Å². The minimum Gasteiger partial charge on any atom is -0.356 e. The lowest BCUT2D eigenvalue weighted by molar-refractivity contribution is 0.470. The molecule has 0 fully saturated rings. The molecule has 0 saturated carbocycles. The van der Waals surface area contributed by atoms with E-state index in [-0.39, 0.29) is 24.0 Å². The van der Waals surface area contributed by atoms with Gasteiger partial charge in [0.2, 0.25) is 0 Å². The monoisotopic (exact) mass is 387 g/mol. The van der Waals surface area contributed by atoms with E-state index in [0.29, 0.717) is 0 Å². The van der Waals surface area contributed by atoms with E-state index in [1.165, 1.54) is 5.56 Å². The minimum absolute atomic E-state index is 0. The lowest BCUT2D eigenvalue weighted by Gasteiger charge is -2.21. The first-order valence-corrected chi connectivity index (χ1v) is 6.84. The number of guanidine groups is 1. The Hall–Kier alpha value is -1.04. The van der Waals surface area contributed by atoms with Crippen molar-refractivity contribution in [2.45, 2.75) is 19.3 Å². The highest BCUT2D eigenvalue weighted by atomic mass is 127. The normalized spacial score (nSPS) is 10.6. The van der Waals surface area contributed by atoms with Crippen LogP contribution < -0.4 is 5.32 Å². The van der Waals surface area contributed by atoms with Crippen LogP contribution in [-0.2, 0) is 6.42 Å². The van der Waals surface area contributed by atoms with Crippen molar-refractivity contribution in [3.05, 3.63) is 48.6 Å². The molecule has 0 atom stereocenters. The van der Waals surface area contributed by atoms with Crippen LogP contribution in [0.15, 0.2) is 48.0 Å². The summed E-state index contributed by atoms with van der Waals surface area (Å²) in [4.78, 5) is 6.46. The number of hydrogen-bond acceptors (Lipinski definition) is 1. The number of nitrogens with one attached hydrogen (secondary N) is 1. The van der Waals surface area contributed by atoms with Crippen LogP contribution in [0.3, 0.4) is 0 Å². The molecule has 0 radical (unpaired) electrons. The van der Waals surface area contributed by atoms with E-state index in [0.717, 1.165) is 38.3 Å². The third kappa shape index (κ3) is 7.53. The summed E-state index contributed by atoms with van der Waals surface area (Å²) in [6.07, 6.45) is 5.13. The Bertz CT molecular complexity index is 390. The molecule has 4 heteroatoms. The number of rotatable bonds is 7. The van der Waals surface area contributed by atoms with Gasteiger partial charge in [0.05, 0.1) is 0 Å². The molecule has 0 heterocycles. The molecule has 0 saturated heterocycles. The average Bonchev–Trinajstić information content (AvgIpc) is 2.45. The first kappa shape index (κ1) is 19.0. The van der Waals surface area contributed by atoms with Crippen LogP contribution in [0.2, 0.25) is 0 Å². The molecular formula is C16H26IN3. The Morgan fingerprint density at radius 3 is 2.65 bits per heavy atom. The van der Waals surface area contributed by atoms with E-state index >= 15 is 0 Å². The summed E-state index contributed by atoms with van der Waals surface area (Å²) < 4.78 is 0. The fourth-order valence-electron chi connectivity index (χ4n) is 1.93. The first-order valence-electron chi connectivity index (χ1n) is 6.84. The van der Waals surface area contributed by atoms with Gasteiger partial charge in [0, 0.05) is 27.2 Å². The molecule has 0 spiro atoms. The van der Waals surface area contributed by atoms with Gasteiger partial charge in [0.25, 0.3) is 0 Å². The zero-order chi connectivity index (χ0) is 13.9. The van der Waals surface area contributed by atoms with Gasteiger partial charge in [0.15, 0.2) is 5.96 Å². The number of benzene rings is 1. The summed E-state index contributed by atoms with van der Waals surface area (Å²) in [5, 5.41) is 3.39. The lowest BCUT2D eigenvalue weighted by atomic mass is 10.1. The minimum atomic E-state index is 0. The smallest absolute Gasteiger partial charge is 0.193 e. The van der Waals surface area contributed by atoms with Crippen molar-refractivity contribution in [1.29, 1.82) is 0 Å². The summed E-state index contributed by atoms with van der Waals surface area (Å²) in [6, 6.07) is 10.5. The predicted molar refractivity (Wildman–Crippen MR) is 99.0 cm³/mol. The summed E-state index contributed by atoms with van der Waals surface area (Å²) >= 11 is 0. The number of halogens is 1. The topological polar surface area (TPSA) is 27.6 Å². The highest BCUT2D eigenvalue weighted by Crippen LogP contribution is 1.99. The molecule has 0 amide bonds. The summed E-state index contributed by atoms with van der Waals surface area (Å²) in [5.41, 5.74) is 1.35. The molecule has 1 aromatic rings. The predicted octanol–water partition coefficient (Wildman–Crippen LogP) is 3.32. The third-order valence-corrected chi connectivity index (χ3v) is 3.01. The summed E-state index contributed by atoms with van der Waals surface area (Å²) in [6.45, 7) is 5.64. The molecule has 0 unspecified atom stereocenters. The second-order valence-corrected chi connectivity index (χ2v) is 4.56. The molecule has 0 aromatic heterocycles. The van der Waals surface area contributed by atoms with Crippen LogP contribution in [0.25, 0.3) is 0 Å². The summed E-state index contributed by atoms with van der Waals surface area (Å²) in [5.74, 6) is 0.958. The molecular weight excluding hydrogens is 361 g/mol. The molecule has 3 nitrogen and oxygen atoms in total. The molecule has 0 aliphatic rings. The fraction of sp³-hybridized carbons (Fsp3) is 0.438. The van der Waals surface area contributed by atoms with Crippen molar-refractivity contribution >= 4 is 29.9 Å². The Morgan fingerprint density at radius 2 is 2.05 bits per heavy atom. The van der Waals surface area contributed by atoms with Crippen LogP contribution in [-0.4, -0.2) is 38.0 Å². The molecule has 0 aliphatic carbocycles. The van der Waals surface area contributed by atoms with Crippen molar-refractivity contribution in [3.8, 4) is 0 Å². The molecule has 20 heavy (non-hydrogen) atoms. The Balaban J connectivity index is 0.00000361. The van der Waals surface area contributed by atoms with E-state index in [9.17, 15) is 0 Å². The van der Waals surface area contributed by atoms with E-state index in [1.807, 2.05) is 19.2 Å². The van der Waals surface area contributed by atoms with Gasteiger partial charge in [-0.15, -0.1) is 30.6 Å². The number of unbranched alkanes of at least 4 members (excludes halogenated alkanes) is 1. The van der Waals surface area contributed by atoms with E-state index in [4.69, 9.17) is 0 Å². The highest BCUT2D eigenvalue weighted by Gasteiger charge is 2.04. The van der Waals surface area contributed by atoms with E-state index < -0.39 is 0 Å². The Kier molecular flexibility index (Phi) is 11.1. The third-order valence-electron chi connectivity index (χ3n) is 3.01. The highest BCUT2D eigenvalue weighted by molar-refractivity contribution is 14.0. The van der Waals surface area contributed by atoms with Crippen LogP contribution >= 0.6 is 24.0 Å². The maximum Gasteiger partial charge on any atom is 0.193 e. The van der Waals surface area contributed by atoms with Crippen molar-refractivity contribution in [2.75, 3.05) is 27.2 Å². The maximum absolute atomic E-state index is 4.30. The van der Waals surface area contributed by atoms with Gasteiger partial charge in [0.1, 0.15) is 0 Å². The fourth-order valence-corrected chi connectivity index (χ4v) is 1.93. The van der Waals surface area contributed by atoms with Crippen LogP contribution in [0.1, 0.15) is 18.4 Å². The van der Waals surface area contributed by atoms with Crippen molar-refractivity contribution < 1.29 is 0 Å². The molecule has 1 N–H and O–H groups in total. The molecule has 1 aromatic carbocycles. The zero-order valence-corrected chi connectivity index (χ0v) is 14.8. The van der Waals surface area contributed by atoms with Crippen LogP contribution in [0.4, 0.5) is 0 Å². The Labute approximate surface area is 140 Å². The summed E-state index contributed by atoms with van der Waals surface area (Å²) in [7, 11) is 3.90. The molecule has 112 valence electrons. The van der Waals surface area contributed by atoms with Crippen molar-refractivity contribution in [3.63, 3.8) is 0 Å². The van der Waals surface area contributed by atoms with Gasteiger partial charge < -0.3 is 10.2 Å². The maximum atomic E-state index is 4.30. The van der Waals surface area contributed by atoms with Gasteiger partial charge in [-0.05, 0) is 24.8 Å². The van der Waals surface area contributed by atoms with E-state index in [2.05, 4.69) is 53.1 Å². The van der Waals surface area contributed by atoms with Crippen LogP contribution in [0.5, 0.6) is 0 Å². The quantitative estimate of drug-likeness (QED) is 0.256. The standard InChI is InChI=1S/C16H25N3.HI/c1-4-5-9-14-19(3)16(17-2)18-13-12-15-10-7-6-8-11-15;/h4,6-8,10-11H,1,5,9,12-14H2,2-3H3,(H,17,18);1H. The largest absolute Gasteiger partial charge is 0.356 e. The lowest BCUT2D eigenvalue weighted by Crippen LogP contribution is -2.40. The van der Waals surface area contributed by atoms with Gasteiger partial charge in [-0.25, -0.2) is 0 Å². The number of allylic oxidation sites excluding steroid dienone is 1. The number of aliphatic imine (C=N–C) groups is 1. The second kappa shape index (κ2) is 11.8. The SMILES string of the molecule is C=CCCCN(C)C(=NC)NCCc1ccccc1.I. The van der Waals surface area contributed by atoms with Gasteiger partial charge in [-0.1, -0.05) is 36.4 Å². The number of hydrogen-bond donors (Lipinski definition) is 1. The van der Waals surface area contributed by atoms with Gasteiger partial charge in [-0.2, -0.15) is 0 Å². The second-order valence-electron chi connectivity index (χ2n) is 4.56. The average molecular weight is 387 g/mol. The molecule has 0 aliphatic heterocycles. The van der Waals surface area contributed by atoms with Crippen molar-refractivity contribution in [2.24, 2.45) is 4.99 Å². The molecule has 0 bridgehead atoms. The molecule has 1 rings (SSSR count). The first-order chi connectivity index (χ1) is 9.27. The zero-order valence-electron chi connectivity index (χ0n) is 12.5. The van der Waals surface area contributed by atoms with Gasteiger partial charge >= 0.3 is 0 Å². The Morgan fingerprint density at radius 1 is 1.35 bits per heavy atom. The number of nitrogens with zero attached hydrogens (tertiary/aromatic N) is 2. The van der Waals surface area contributed by atoms with Gasteiger partial charge in [-0.3, -0.25) is 4.99 Å². The van der Waals surface area contributed by atoms with Crippen molar-refractivity contribution in [1.82, 2.24) is 10.2 Å².